The lowest BCUT2D eigenvalue weighted by Gasteiger charge is -2.23. The van der Waals surface area contributed by atoms with E-state index in [1.807, 2.05) is 0 Å². The first-order chi connectivity index (χ1) is 11.4. The summed E-state index contributed by atoms with van der Waals surface area (Å²) in [6.07, 6.45) is 0.685. The van der Waals surface area contributed by atoms with Gasteiger partial charge in [0.15, 0.2) is 6.10 Å². The lowest BCUT2D eigenvalue weighted by molar-refractivity contribution is -0.385. The Labute approximate surface area is 136 Å². The molecular weight excluding hydrogens is 314 g/mol. The molecule has 1 atom stereocenters. The Balaban J connectivity index is 1.88. The third-order valence-electron chi connectivity index (χ3n) is 3.45. The molecule has 24 heavy (non-hydrogen) atoms. The van der Waals surface area contributed by atoms with Crippen LogP contribution in [0.15, 0.2) is 41.4 Å². The number of nitrogens with one attached hydrogen (secondary N) is 1. The molecule has 0 radical (unpaired) electrons. The highest BCUT2D eigenvalue weighted by atomic mass is 16.6. The van der Waals surface area contributed by atoms with E-state index in [0.29, 0.717) is 17.1 Å². The Kier molecular flexibility index (Phi) is 3.87. The standard InChI is InChI=1S/C16H13N3O5/c1-9-16(21)18-13-7-11(2-5-15(13)24-9)17-8-10-6-12(19(22)23)3-4-14(10)20/h2-9,20H,1H3,(H,18,21)/p-1/t9-/m0/s1. The summed E-state index contributed by atoms with van der Waals surface area (Å²) in [5.74, 6) is -0.0992. The minimum atomic E-state index is -0.580. The number of rotatable bonds is 3. The molecule has 1 heterocycles. The van der Waals surface area contributed by atoms with Crippen LogP contribution in [0.25, 0.3) is 0 Å². The SMILES string of the molecule is C[C@@H]1Oc2ccc(N=Cc3cc([N+](=O)[O-])ccc3[O-])cc2NC1=O. The minimum absolute atomic E-state index is 0.107. The fraction of sp³-hybridized carbons (Fsp3) is 0.125. The van der Waals surface area contributed by atoms with Gasteiger partial charge in [-0.05, 0) is 30.7 Å². The zero-order valence-electron chi connectivity index (χ0n) is 12.6. The van der Waals surface area contributed by atoms with Crippen LogP contribution in [0.4, 0.5) is 17.1 Å². The normalized spacial score (nSPS) is 16.4. The van der Waals surface area contributed by atoms with E-state index in [1.54, 1.807) is 25.1 Å². The second-order valence-corrected chi connectivity index (χ2v) is 5.17. The van der Waals surface area contributed by atoms with Crippen LogP contribution in [0.2, 0.25) is 0 Å². The van der Waals surface area contributed by atoms with Crippen molar-refractivity contribution < 1.29 is 19.6 Å². The Morgan fingerprint density at radius 1 is 1.29 bits per heavy atom. The molecular formula is C16H12N3O5-. The van der Waals surface area contributed by atoms with Crippen LogP contribution in [0.5, 0.6) is 11.5 Å². The molecule has 1 amide bonds. The van der Waals surface area contributed by atoms with Crippen molar-refractivity contribution in [2.75, 3.05) is 5.32 Å². The Bertz CT molecular complexity index is 863. The maximum atomic E-state index is 11.7. The average molecular weight is 326 g/mol. The van der Waals surface area contributed by atoms with Crippen molar-refractivity contribution in [1.29, 1.82) is 0 Å². The van der Waals surface area contributed by atoms with Crippen LogP contribution in [0.3, 0.4) is 0 Å². The van der Waals surface area contributed by atoms with Crippen LogP contribution < -0.4 is 15.2 Å². The number of ether oxygens (including phenoxy) is 1. The molecule has 0 saturated carbocycles. The molecule has 0 unspecified atom stereocenters. The van der Waals surface area contributed by atoms with Gasteiger partial charge in [0.05, 0.1) is 16.3 Å². The summed E-state index contributed by atoms with van der Waals surface area (Å²) >= 11 is 0. The van der Waals surface area contributed by atoms with Crippen molar-refractivity contribution in [3.8, 4) is 11.5 Å². The Hall–Kier alpha value is -3.42. The first kappa shape index (κ1) is 15.5. The molecule has 8 nitrogen and oxygen atoms in total. The van der Waals surface area contributed by atoms with E-state index in [2.05, 4.69) is 10.3 Å². The molecule has 2 aromatic rings. The van der Waals surface area contributed by atoms with Crippen molar-refractivity contribution in [3.05, 3.63) is 52.1 Å². The van der Waals surface area contributed by atoms with Gasteiger partial charge in [0, 0.05) is 18.3 Å². The molecule has 2 aromatic carbocycles. The second-order valence-electron chi connectivity index (χ2n) is 5.17. The van der Waals surface area contributed by atoms with E-state index >= 15 is 0 Å². The number of benzene rings is 2. The summed E-state index contributed by atoms with van der Waals surface area (Å²) in [5, 5.41) is 25.2. The van der Waals surface area contributed by atoms with Gasteiger partial charge < -0.3 is 15.2 Å². The molecule has 0 saturated heterocycles. The Morgan fingerprint density at radius 3 is 2.83 bits per heavy atom. The number of non-ortho nitro benzene ring substituents is 1. The second kappa shape index (κ2) is 5.99. The quantitative estimate of drug-likeness (QED) is 0.527. The van der Waals surface area contributed by atoms with Gasteiger partial charge in [0.1, 0.15) is 5.75 Å². The van der Waals surface area contributed by atoms with Crippen molar-refractivity contribution in [3.63, 3.8) is 0 Å². The molecule has 1 aliphatic heterocycles. The van der Waals surface area contributed by atoms with E-state index in [9.17, 15) is 20.0 Å². The zero-order valence-corrected chi connectivity index (χ0v) is 12.6. The van der Waals surface area contributed by atoms with E-state index in [1.165, 1.54) is 6.21 Å². The molecule has 122 valence electrons. The summed E-state index contributed by atoms with van der Waals surface area (Å²) < 4.78 is 5.43. The predicted octanol–water partition coefficient (Wildman–Crippen LogP) is 2.14. The third-order valence-corrected chi connectivity index (χ3v) is 3.45. The molecule has 3 rings (SSSR count). The summed E-state index contributed by atoms with van der Waals surface area (Å²) in [6, 6.07) is 8.34. The van der Waals surface area contributed by atoms with Crippen molar-refractivity contribution in [1.82, 2.24) is 0 Å². The van der Waals surface area contributed by atoms with Crippen molar-refractivity contribution in [2.45, 2.75) is 13.0 Å². The predicted molar refractivity (Wildman–Crippen MR) is 85.0 cm³/mol. The summed E-state index contributed by atoms with van der Waals surface area (Å²) in [6.45, 7) is 1.64. The molecule has 0 aromatic heterocycles. The molecule has 0 fully saturated rings. The highest BCUT2D eigenvalue weighted by Crippen LogP contribution is 2.33. The maximum Gasteiger partial charge on any atom is 0.270 e. The van der Waals surface area contributed by atoms with Gasteiger partial charge in [-0.2, -0.15) is 0 Å². The van der Waals surface area contributed by atoms with E-state index in [-0.39, 0.29) is 22.9 Å². The van der Waals surface area contributed by atoms with Gasteiger partial charge in [-0.1, -0.05) is 11.8 Å². The lowest BCUT2D eigenvalue weighted by Crippen LogP contribution is -2.34. The average Bonchev–Trinajstić information content (AvgIpc) is 2.55. The molecule has 0 aliphatic carbocycles. The minimum Gasteiger partial charge on any atom is -0.872 e. The fourth-order valence-electron chi connectivity index (χ4n) is 2.17. The van der Waals surface area contributed by atoms with Crippen LogP contribution in [-0.2, 0) is 4.79 Å². The third kappa shape index (κ3) is 3.02. The first-order valence-corrected chi connectivity index (χ1v) is 7.05. The number of amides is 1. The number of aliphatic imine (C=N–C) groups is 1. The van der Waals surface area contributed by atoms with Gasteiger partial charge in [0.2, 0.25) is 0 Å². The number of anilines is 1. The van der Waals surface area contributed by atoms with Gasteiger partial charge in [-0.15, -0.1) is 0 Å². The summed E-state index contributed by atoms with van der Waals surface area (Å²) in [5.41, 5.74) is 0.874. The maximum absolute atomic E-state index is 11.7. The summed E-state index contributed by atoms with van der Waals surface area (Å²) in [4.78, 5) is 25.9. The number of fused-ring (bicyclic) bond motifs is 1. The van der Waals surface area contributed by atoms with Gasteiger partial charge in [-0.25, -0.2) is 0 Å². The van der Waals surface area contributed by atoms with Crippen LogP contribution in [0, 0.1) is 10.1 Å². The number of nitrogens with zero attached hydrogens (tertiary/aromatic N) is 2. The number of nitro groups is 1. The van der Waals surface area contributed by atoms with E-state index in [4.69, 9.17) is 4.74 Å². The summed E-state index contributed by atoms with van der Waals surface area (Å²) in [7, 11) is 0. The largest absolute Gasteiger partial charge is 0.872 e. The topological polar surface area (TPSA) is 117 Å². The molecule has 0 spiro atoms. The number of carbonyl (C=O) groups excluding carboxylic acids is 1. The van der Waals surface area contributed by atoms with Crippen LogP contribution in [-0.4, -0.2) is 23.1 Å². The van der Waals surface area contributed by atoms with Gasteiger partial charge in [-0.3, -0.25) is 19.9 Å². The lowest BCUT2D eigenvalue weighted by atomic mass is 10.2. The molecule has 0 bridgehead atoms. The molecule has 1 aliphatic rings. The molecule has 8 heteroatoms. The number of nitro benzene ring substituents is 1. The smallest absolute Gasteiger partial charge is 0.270 e. The number of hydrogen-bond acceptors (Lipinski definition) is 6. The van der Waals surface area contributed by atoms with E-state index < -0.39 is 11.0 Å². The molecule has 1 N–H and O–H groups in total. The zero-order chi connectivity index (χ0) is 17.3. The first-order valence-electron chi connectivity index (χ1n) is 7.05. The van der Waals surface area contributed by atoms with Crippen molar-refractivity contribution in [2.24, 2.45) is 4.99 Å². The van der Waals surface area contributed by atoms with Gasteiger partial charge >= 0.3 is 0 Å². The van der Waals surface area contributed by atoms with Crippen LogP contribution >= 0.6 is 0 Å². The van der Waals surface area contributed by atoms with Crippen molar-refractivity contribution >= 4 is 29.2 Å². The van der Waals surface area contributed by atoms with E-state index in [0.717, 1.165) is 18.2 Å². The highest BCUT2D eigenvalue weighted by Gasteiger charge is 2.23. The highest BCUT2D eigenvalue weighted by molar-refractivity contribution is 5.98. The van der Waals surface area contributed by atoms with Crippen LogP contribution in [0.1, 0.15) is 12.5 Å². The number of carbonyl (C=O) groups is 1. The fourth-order valence-corrected chi connectivity index (χ4v) is 2.17. The Morgan fingerprint density at radius 2 is 2.08 bits per heavy atom. The number of hydrogen-bond donors (Lipinski definition) is 1. The monoisotopic (exact) mass is 326 g/mol. The van der Waals surface area contributed by atoms with Gasteiger partial charge in [0.25, 0.3) is 11.6 Å².